The third-order valence-electron chi connectivity index (χ3n) is 2.13. The van der Waals surface area contributed by atoms with E-state index < -0.39 is 0 Å². The highest BCUT2D eigenvalue weighted by molar-refractivity contribution is 5.12. The van der Waals surface area contributed by atoms with Gasteiger partial charge in [0.25, 0.3) is 0 Å². The van der Waals surface area contributed by atoms with Crippen LogP contribution in [0.3, 0.4) is 0 Å². The zero-order valence-electron chi connectivity index (χ0n) is 8.73. The lowest BCUT2D eigenvalue weighted by atomic mass is 10.1. The topological polar surface area (TPSA) is 0 Å². The summed E-state index contributed by atoms with van der Waals surface area (Å²) < 4.78 is 0. The Morgan fingerprint density at radius 1 is 0.571 bits per heavy atom. The van der Waals surface area contributed by atoms with Crippen molar-refractivity contribution in [1.29, 1.82) is 0 Å². The van der Waals surface area contributed by atoms with E-state index in [9.17, 15) is 0 Å². The lowest BCUT2D eigenvalue weighted by Gasteiger charge is -1.94. The number of hydrogen-bond acceptors (Lipinski definition) is 0. The van der Waals surface area contributed by atoms with Gasteiger partial charge in [-0.25, -0.2) is 0 Å². The van der Waals surface area contributed by atoms with Gasteiger partial charge in [0, 0.05) is 0 Å². The van der Waals surface area contributed by atoms with Crippen LogP contribution in [0, 0.1) is 6.42 Å². The SMILES string of the molecule is [CH]1C/C=C\C/C=C/C=C/C=C\CCC1. The minimum atomic E-state index is 1.04. The van der Waals surface area contributed by atoms with E-state index >= 15 is 0 Å². The molecule has 1 rings (SSSR count). The molecule has 0 spiro atoms. The Hall–Kier alpha value is -1.04. The second-order valence-corrected chi connectivity index (χ2v) is 3.40. The van der Waals surface area contributed by atoms with Crippen LogP contribution < -0.4 is 0 Å². The van der Waals surface area contributed by atoms with Crippen molar-refractivity contribution in [3.8, 4) is 0 Å². The zero-order chi connectivity index (χ0) is 9.90. The molecule has 75 valence electrons. The summed E-state index contributed by atoms with van der Waals surface area (Å²) in [5.74, 6) is 0. The van der Waals surface area contributed by atoms with Crippen LogP contribution >= 0.6 is 0 Å². The molecule has 0 aromatic carbocycles. The van der Waals surface area contributed by atoms with E-state index in [1.165, 1.54) is 19.3 Å². The maximum absolute atomic E-state index is 2.36. The van der Waals surface area contributed by atoms with E-state index in [2.05, 4.69) is 55.0 Å². The summed E-state index contributed by atoms with van der Waals surface area (Å²) in [4.78, 5) is 0. The monoisotopic (exact) mass is 187 g/mol. The standard InChI is InChI=1S/C14H19/c1-2-4-6-8-10-12-14-13-11-9-7-5-3-1/h1-6,9,11,14H,7-8,10,12-13H2/b2-1+,5-3+,6-4-,11-9-. The lowest BCUT2D eigenvalue weighted by Crippen LogP contribution is -1.76. The average molecular weight is 187 g/mol. The molecule has 0 aliphatic heterocycles. The second-order valence-electron chi connectivity index (χ2n) is 3.40. The van der Waals surface area contributed by atoms with Gasteiger partial charge in [0.1, 0.15) is 0 Å². The number of rotatable bonds is 0. The molecule has 0 fully saturated rings. The molecule has 0 unspecified atom stereocenters. The summed E-state index contributed by atoms with van der Waals surface area (Å²) in [6.45, 7) is 0. The molecule has 1 aliphatic rings. The van der Waals surface area contributed by atoms with Gasteiger partial charge in [-0.05, 0) is 38.5 Å². The smallest absolute Gasteiger partial charge is 0.0166 e. The molecule has 0 amide bonds. The predicted octanol–water partition coefficient (Wildman–Crippen LogP) is 4.38. The van der Waals surface area contributed by atoms with Crippen molar-refractivity contribution in [3.63, 3.8) is 0 Å². The van der Waals surface area contributed by atoms with Crippen molar-refractivity contribution in [3.05, 3.63) is 55.0 Å². The van der Waals surface area contributed by atoms with Crippen LogP contribution in [0.1, 0.15) is 32.1 Å². The van der Waals surface area contributed by atoms with Gasteiger partial charge in [-0.2, -0.15) is 0 Å². The first-order valence-corrected chi connectivity index (χ1v) is 5.45. The van der Waals surface area contributed by atoms with E-state index in [1.54, 1.807) is 0 Å². The molecule has 0 aromatic heterocycles. The highest BCUT2D eigenvalue weighted by Gasteiger charge is 1.85. The Morgan fingerprint density at radius 2 is 1.36 bits per heavy atom. The van der Waals surface area contributed by atoms with Crippen molar-refractivity contribution < 1.29 is 0 Å². The van der Waals surface area contributed by atoms with Gasteiger partial charge >= 0.3 is 0 Å². The van der Waals surface area contributed by atoms with Crippen molar-refractivity contribution >= 4 is 0 Å². The fourth-order valence-corrected chi connectivity index (χ4v) is 1.33. The van der Waals surface area contributed by atoms with Crippen molar-refractivity contribution in [2.75, 3.05) is 0 Å². The fourth-order valence-electron chi connectivity index (χ4n) is 1.33. The van der Waals surface area contributed by atoms with Crippen LogP contribution in [0.25, 0.3) is 0 Å². The van der Waals surface area contributed by atoms with Gasteiger partial charge in [-0.3, -0.25) is 0 Å². The van der Waals surface area contributed by atoms with Crippen LogP contribution in [0.2, 0.25) is 0 Å². The van der Waals surface area contributed by atoms with E-state index in [0.717, 1.165) is 12.8 Å². The third kappa shape index (κ3) is 6.47. The maximum atomic E-state index is 2.36. The molecule has 1 radical (unpaired) electrons. The van der Waals surface area contributed by atoms with Crippen LogP contribution in [-0.2, 0) is 0 Å². The van der Waals surface area contributed by atoms with Gasteiger partial charge < -0.3 is 0 Å². The molecule has 1 aliphatic carbocycles. The Balaban J connectivity index is 2.36. The summed E-state index contributed by atoms with van der Waals surface area (Å²) in [6.07, 6.45) is 25.5. The van der Waals surface area contributed by atoms with E-state index in [1.807, 2.05) is 0 Å². The Bertz CT molecular complexity index is 228. The van der Waals surface area contributed by atoms with Crippen LogP contribution in [0.15, 0.2) is 48.6 Å². The van der Waals surface area contributed by atoms with Crippen molar-refractivity contribution in [2.45, 2.75) is 32.1 Å². The van der Waals surface area contributed by atoms with Gasteiger partial charge in [-0.15, -0.1) is 0 Å². The predicted molar refractivity (Wildman–Crippen MR) is 63.9 cm³/mol. The molecule has 0 aromatic rings. The third-order valence-corrected chi connectivity index (χ3v) is 2.13. The number of allylic oxidation sites excluding steroid dienone is 8. The lowest BCUT2D eigenvalue weighted by molar-refractivity contribution is 0.811. The van der Waals surface area contributed by atoms with Crippen molar-refractivity contribution in [1.82, 2.24) is 0 Å². The van der Waals surface area contributed by atoms with E-state index in [-0.39, 0.29) is 0 Å². The van der Waals surface area contributed by atoms with Crippen molar-refractivity contribution in [2.24, 2.45) is 0 Å². The van der Waals surface area contributed by atoms with Gasteiger partial charge in [-0.1, -0.05) is 48.6 Å². The van der Waals surface area contributed by atoms with Gasteiger partial charge in [0.2, 0.25) is 0 Å². The minimum absolute atomic E-state index is 1.04. The zero-order valence-corrected chi connectivity index (χ0v) is 8.73. The molecule has 0 N–H and O–H groups in total. The average Bonchev–Trinajstić information content (AvgIpc) is 2.22. The molecular formula is C14H19. The summed E-state index contributed by atoms with van der Waals surface area (Å²) in [7, 11) is 0. The quantitative estimate of drug-likeness (QED) is 0.494. The summed E-state index contributed by atoms with van der Waals surface area (Å²) in [5.41, 5.74) is 0. The largest absolute Gasteiger partial charge is 0.0879 e. The molecule has 0 atom stereocenters. The second kappa shape index (κ2) is 8.55. The molecule has 0 saturated heterocycles. The van der Waals surface area contributed by atoms with E-state index in [4.69, 9.17) is 0 Å². The van der Waals surface area contributed by atoms with E-state index in [0.29, 0.717) is 0 Å². The molecule has 14 heavy (non-hydrogen) atoms. The molecule has 0 nitrogen and oxygen atoms in total. The summed E-state index contributed by atoms with van der Waals surface area (Å²) in [5, 5.41) is 0. The first-order chi connectivity index (χ1) is 7.00. The van der Waals surface area contributed by atoms with Crippen LogP contribution in [0.4, 0.5) is 0 Å². The Kier molecular flexibility index (Phi) is 6.74. The first-order valence-electron chi connectivity index (χ1n) is 5.45. The molecule has 0 bridgehead atoms. The Labute approximate surface area is 87.7 Å². The molecular weight excluding hydrogens is 168 g/mol. The Morgan fingerprint density at radius 3 is 2.29 bits per heavy atom. The molecule has 0 heterocycles. The highest BCUT2D eigenvalue weighted by atomic mass is 13.9. The normalized spacial score (nSPS) is 28.6. The minimum Gasteiger partial charge on any atom is -0.0879 e. The summed E-state index contributed by atoms with van der Waals surface area (Å²) in [6, 6.07) is 0. The van der Waals surface area contributed by atoms with Crippen LogP contribution in [-0.4, -0.2) is 0 Å². The molecule has 0 saturated carbocycles. The highest BCUT2D eigenvalue weighted by Crippen LogP contribution is 2.04. The summed E-state index contributed by atoms with van der Waals surface area (Å²) >= 11 is 0. The fraction of sp³-hybridized carbons (Fsp3) is 0.357. The van der Waals surface area contributed by atoms with Crippen LogP contribution in [0.5, 0.6) is 0 Å². The van der Waals surface area contributed by atoms with Gasteiger partial charge in [0.15, 0.2) is 0 Å². The first kappa shape index (κ1) is 11.0. The maximum Gasteiger partial charge on any atom is -0.0166 e. The molecule has 0 heteroatoms. The number of hydrogen-bond donors (Lipinski definition) is 0. The van der Waals surface area contributed by atoms with Gasteiger partial charge in [0.05, 0.1) is 0 Å².